The number of pyridine rings is 1. The molecule has 1 aliphatic rings. The Labute approximate surface area is 180 Å². The van der Waals surface area contributed by atoms with Gasteiger partial charge in [0.15, 0.2) is 4.90 Å². The third-order valence-electron chi connectivity index (χ3n) is 4.78. The fourth-order valence-electron chi connectivity index (χ4n) is 3.24. The van der Waals surface area contributed by atoms with Crippen LogP contribution in [0.1, 0.15) is 18.4 Å². The Kier molecular flexibility index (Phi) is 6.98. The number of sulfonamides is 1. The van der Waals surface area contributed by atoms with Crippen molar-refractivity contribution in [1.29, 1.82) is 0 Å². The summed E-state index contributed by atoms with van der Waals surface area (Å²) < 4.78 is 91.4. The number of anilines is 1. The van der Waals surface area contributed by atoms with Crippen molar-refractivity contribution in [1.82, 2.24) is 15.0 Å². The molecule has 0 aliphatic carbocycles. The SMILES string of the molecule is O=C(CCNS(=O)(=O)c1c(F)cccc1F)NC1CCN(c2ccc(C(F)(F)F)cn2)C1. The fraction of sp³-hybridized carbons (Fsp3) is 0.368. The smallest absolute Gasteiger partial charge is 0.354 e. The first-order valence-corrected chi connectivity index (χ1v) is 11.0. The standard InChI is InChI=1S/C19H19F5N4O3S/c20-14-2-1-3-15(21)18(14)32(30,31)26-8-6-17(29)27-13-7-9-28(11-13)16-5-4-12(10-25-16)19(22,23)24/h1-5,10,13,26H,6-9,11H2,(H,27,29). The molecule has 2 aromatic rings. The Morgan fingerprint density at radius 3 is 2.44 bits per heavy atom. The maximum Gasteiger partial charge on any atom is 0.417 e. The number of amides is 1. The van der Waals surface area contributed by atoms with E-state index in [0.29, 0.717) is 25.3 Å². The highest BCUT2D eigenvalue weighted by molar-refractivity contribution is 7.89. The number of carbonyl (C=O) groups excluding carboxylic acids is 1. The van der Waals surface area contributed by atoms with Crippen LogP contribution in [-0.4, -0.2) is 45.0 Å². The number of alkyl halides is 3. The van der Waals surface area contributed by atoms with Gasteiger partial charge in [0.05, 0.1) is 5.56 Å². The summed E-state index contributed by atoms with van der Waals surface area (Å²) in [5.41, 5.74) is -0.858. The van der Waals surface area contributed by atoms with E-state index in [2.05, 4.69) is 10.3 Å². The van der Waals surface area contributed by atoms with Crippen molar-refractivity contribution in [3.05, 3.63) is 53.7 Å². The van der Waals surface area contributed by atoms with Crippen molar-refractivity contribution in [3.8, 4) is 0 Å². The molecular weight excluding hydrogens is 459 g/mol. The molecule has 0 spiro atoms. The molecule has 2 heterocycles. The summed E-state index contributed by atoms with van der Waals surface area (Å²) in [4.78, 5) is 16.5. The zero-order valence-electron chi connectivity index (χ0n) is 16.5. The lowest BCUT2D eigenvalue weighted by molar-refractivity contribution is -0.137. The fourth-order valence-corrected chi connectivity index (χ4v) is 4.40. The lowest BCUT2D eigenvalue weighted by Gasteiger charge is -2.18. The second-order valence-electron chi connectivity index (χ2n) is 7.10. The lowest BCUT2D eigenvalue weighted by atomic mass is 10.2. The van der Waals surface area contributed by atoms with E-state index in [4.69, 9.17) is 0 Å². The Balaban J connectivity index is 1.48. The molecule has 1 aliphatic heterocycles. The van der Waals surface area contributed by atoms with Gasteiger partial charge in [0, 0.05) is 38.3 Å². The Hall–Kier alpha value is -2.80. The molecular formula is C19H19F5N4O3S. The highest BCUT2D eigenvalue weighted by Crippen LogP contribution is 2.30. The van der Waals surface area contributed by atoms with E-state index in [9.17, 15) is 35.2 Å². The van der Waals surface area contributed by atoms with Crippen LogP contribution in [0.5, 0.6) is 0 Å². The van der Waals surface area contributed by atoms with E-state index >= 15 is 0 Å². The zero-order valence-corrected chi connectivity index (χ0v) is 17.3. The zero-order chi connectivity index (χ0) is 23.5. The van der Waals surface area contributed by atoms with Crippen LogP contribution in [0.15, 0.2) is 41.4 Å². The molecule has 1 atom stereocenters. The molecule has 0 saturated carbocycles. The van der Waals surface area contributed by atoms with Gasteiger partial charge in [0.25, 0.3) is 0 Å². The van der Waals surface area contributed by atoms with Crippen molar-refractivity contribution >= 4 is 21.7 Å². The first-order valence-electron chi connectivity index (χ1n) is 9.48. The molecule has 2 N–H and O–H groups in total. The molecule has 174 valence electrons. The summed E-state index contributed by atoms with van der Waals surface area (Å²) in [5.74, 6) is -2.64. The van der Waals surface area contributed by atoms with Gasteiger partial charge in [0.1, 0.15) is 17.5 Å². The van der Waals surface area contributed by atoms with E-state index in [1.165, 1.54) is 6.07 Å². The molecule has 3 rings (SSSR count). The van der Waals surface area contributed by atoms with Crippen LogP contribution >= 0.6 is 0 Å². The van der Waals surface area contributed by atoms with Gasteiger partial charge in [-0.25, -0.2) is 26.9 Å². The number of rotatable bonds is 7. The monoisotopic (exact) mass is 478 g/mol. The van der Waals surface area contributed by atoms with Crippen LogP contribution in [0.2, 0.25) is 0 Å². The first kappa shape index (κ1) is 23.9. The number of nitrogens with one attached hydrogen (secondary N) is 2. The maximum atomic E-state index is 13.7. The molecule has 0 bridgehead atoms. The molecule has 7 nitrogen and oxygen atoms in total. The number of hydrogen-bond acceptors (Lipinski definition) is 5. The highest BCUT2D eigenvalue weighted by Gasteiger charge is 2.31. The predicted molar refractivity (Wildman–Crippen MR) is 104 cm³/mol. The van der Waals surface area contributed by atoms with Gasteiger partial charge in [-0.1, -0.05) is 6.07 Å². The largest absolute Gasteiger partial charge is 0.417 e. The normalized spacial score (nSPS) is 16.9. The second-order valence-corrected chi connectivity index (χ2v) is 8.80. The van der Waals surface area contributed by atoms with E-state index in [0.717, 1.165) is 30.5 Å². The molecule has 32 heavy (non-hydrogen) atoms. The second kappa shape index (κ2) is 9.36. The number of hydrogen-bond donors (Lipinski definition) is 2. The molecule has 1 amide bonds. The van der Waals surface area contributed by atoms with Crippen molar-refractivity contribution in [2.75, 3.05) is 24.5 Å². The Morgan fingerprint density at radius 2 is 1.84 bits per heavy atom. The number of carbonyl (C=O) groups is 1. The highest BCUT2D eigenvalue weighted by atomic mass is 32.2. The quantitative estimate of drug-likeness (QED) is 0.597. The van der Waals surface area contributed by atoms with Crippen LogP contribution in [0, 0.1) is 11.6 Å². The van der Waals surface area contributed by atoms with Gasteiger partial charge in [0.2, 0.25) is 15.9 Å². The van der Waals surface area contributed by atoms with Crippen LogP contribution in [0.4, 0.5) is 27.8 Å². The summed E-state index contributed by atoms with van der Waals surface area (Å²) in [6.45, 7) is 0.400. The van der Waals surface area contributed by atoms with E-state index in [1.54, 1.807) is 4.90 Å². The van der Waals surface area contributed by atoms with Gasteiger partial charge < -0.3 is 10.2 Å². The van der Waals surface area contributed by atoms with Gasteiger partial charge in [-0.3, -0.25) is 4.79 Å². The maximum absolute atomic E-state index is 13.7. The number of benzene rings is 1. The van der Waals surface area contributed by atoms with E-state index in [1.807, 2.05) is 4.72 Å². The molecule has 1 saturated heterocycles. The minimum Gasteiger partial charge on any atom is -0.354 e. The van der Waals surface area contributed by atoms with Gasteiger partial charge >= 0.3 is 6.18 Å². The minimum absolute atomic E-state index is 0.273. The van der Waals surface area contributed by atoms with Crippen molar-refractivity contribution < 1.29 is 35.2 Å². The third kappa shape index (κ3) is 5.71. The van der Waals surface area contributed by atoms with Gasteiger partial charge in [-0.05, 0) is 30.7 Å². The topological polar surface area (TPSA) is 91.4 Å². The third-order valence-corrected chi connectivity index (χ3v) is 6.30. The van der Waals surface area contributed by atoms with Crippen molar-refractivity contribution in [2.24, 2.45) is 0 Å². The molecule has 1 aromatic carbocycles. The molecule has 1 unspecified atom stereocenters. The summed E-state index contributed by atoms with van der Waals surface area (Å²) in [6, 6.07) is 4.51. The van der Waals surface area contributed by atoms with E-state index in [-0.39, 0.29) is 19.0 Å². The van der Waals surface area contributed by atoms with Crippen molar-refractivity contribution in [2.45, 2.75) is 30.0 Å². The number of halogens is 5. The Morgan fingerprint density at radius 1 is 1.16 bits per heavy atom. The van der Waals surface area contributed by atoms with Crippen LogP contribution in [0.25, 0.3) is 0 Å². The summed E-state index contributed by atoms with van der Waals surface area (Å²) in [6.07, 6.45) is -3.50. The number of nitrogens with zero attached hydrogens (tertiary/aromatic N) is 2. The average molecular weight is 478 g/mol. The molecule has 1 fully saturated rings. The number of aromatic nitrogens is 1. The van der Waals surface area contributed by atoms with Crippen molar-refractivity contribution in [3.63, 3.8) is 0 Å². The van der Waals surface area contributed by atoms with Crippen LogP contribution in [0.3, 0.4) is 0 Å². The van der Waals surface area contributed by atoms with Gasteiger partial charge in [-0.15, -0.1) is 0 Å². The summed E-state index contributed by atoms with van der Waals surface area (Å²) in [7, 11) is -4.48. The van der Waals surface area contributed by atoms with Gasteiger partial charge in [-0.2, -0.15) is 13.2 Å². The van der Waals surface area contributed by atoms with Crippen LogP contribution < -0.4 is 14.9 Å². The summed E-state index contributed by atoms with van der Waals surface area (Å²) in [5, 5.41) is 2.69. The molecule has 1 aromatic heterocycles. The summed E-state index contributed by atoms with van der Waals surface area (Å²) >= 11 is 0. The Bertz CT molecular complexity index is 1060. The lowest BCUT2D eigenvalue weighted by Crippen LogP contribution is -2.39. The van der Waals surface area contributed by atoms with Crippen LogP contribution in [-0.2, 0) is 21.0 Å². The first-order chi connectivity index (χ1) is 15.0. The molecule has 13 heteroatoms. The molecule has 0 radical (unpaired) electrons. The van der Waals surface area contributed by atoms with E-state index < -0.39 is 44.2 Å². The predicted octanol–water partition coefficient (Wildman–Crippen LogP) is 2.44. The average Bonchev–Trinajstić information content (AvgIpc) is 3.15. The minimum atomic E-state index is -4.48.